The van der Waals surface area contributed by atoms with Crippen LogP contribution in [0.5, 0.6) is 5.75 Å². The lowest BCUT2D eigenvalue weighted by molar-refractivity contribution is 0.241. The van der Waals surface area contributed by atoms with Crippen molar-refractivity contribution in [2.45, 2.75) is 32.6 Å². The highest BCUT2D eigenvalue weighted by Gasteiger charge is 2.19. The molecule has 0 atom stereocenters. The molecule has 9 heteroatoms. The molecule has 0 bridgehead atoms. The van der Waals surface area contributed by atoms with Gasteiger partial charge in [0.2, 0.25) is 10.0 Å². The van der Waals surface area contributed by atoms with Crippen molar-refractivity contribution in [2.24, 2.45) is 0 Å². The van der Waals surface area contributed by atoms with Gasteiger partial charge in [0.05, 0.1) is 23.2 Å². The van der Waals surface area contributed by atoms with Gasteiger partial charge in [0.25, 0.3) is 0 Å². The Morgan fingerprint density at radius 3 is 2.71 bits per heavy atom. The normalized spacial score (nSPS) is 15.4. The number of hydrogen-bond donors (Lipinski definition) is 3. The van der Waals surface area contributed by atoms with E-state index in [4.69, 9.17) is 0 Å². The number of nitrogens with zero attached hydrogens (tertiary/aromatic N) is 2. The van der Waals surface area contributed by atoms with E-state index in [1.807, 2.05) is 6.92 Å². The summed E-state index contributed by atoms with van der Waals surface area (Å²) in [4.78, 5) is 2.18. The number of H-pyrrole nitrogens is 1. The molecule has 0 amide bonds. The standard InChI is InChI=1S/C22H27FN4O3S/c1-2-15-12-22(28)19(23)13-17(15)16-10-20-18(14-24-25-20)21(11-16)26-31(29,30)9-8-27-6-4-3-5-7-27/h10-14,26,28H,2-9H2,1H3,(H,24,25). The maximum absolute atomic E-state index is 14.1. The van der Waals surface area contributed by atoms with Gasteiger partial charge < -0.3 is 10.0 Å². The SMILES string of the molecule is CCc1cc(O)c(F)cc1-c1cc(NS(=O)(=O)CCN2CCCCC2)c2cn[nH]c2c1. The van der Waals surface area contributed by atoms with Gasteiger partial charge in [-0.25, -0.2) is 12.8 Å². The van der Waals surface area contributed by atoms with E-state index in [2.05, 4.69) is 19.8 Å². The highest BCUT2D eigenvalue weighted by atomic mass is 32.2. The van der Waals surface area contributed by atoms with Crippen LogP contribution in [0.4, 0.5) is 10.1 Å². The molecule has 0 aliphatic carbocycles. The molecule has 4 rings (SSSR count). The first-order valence-electron chi connectivity index (χ1n) is 10.6. The lowest BCUT2D eigenvalue weighted by Crippen LogP contribution is -2.35. The molecule has 0 saturated carbocycles. The van der Waals surface area contributed by atoms with Crippen molar-refractivity contribution in [2.75, 3.05) is 30.1 Å². The third-order valence-electron chi connectivity index (χ3n) is 5.81. The number of aromatic amines is 1. The molecule has 0 unspecified atom stereocenters. The summed E-state index contributed by atoms with van der Waals surface area (Å²) in [6.07, 6.45) is 5.56. The van der Waals surface area contributed by atoms with Gasteiger partial charge >= 0.3 is 0 Å². The summed E-state index contributed by atoms with van der Waals surface area (Å²) in [5.74, 6) is -1.12. The van der Waals surface area contributed by atoms with E-state index in [9.17, 15) is 17.9 Å². The summed E-state index contributed by atoms with van der Waals surface area (Å²) in [5, 5.41) is 17.3. The minimum absolute atomic E-state index is 0.00458. The van der Waals surface area contributed by atoms with Gasteiger partial charge in [-0.3, -0.25) is 9.82 Å². The number of phenols is 1. The first-order valence-corrected chi connectivity index (χ1v) is 12.2. The summed E-state index contributed by atoms with van der Waals surface area (Å²) in [6, 6.07) is 6.19. The number of halogens is 1. The molecule has 2 heterocycles. The minimum atomic E-state index is -3.58. The summed E-state index contributed by atoms with van der Waals surface area (Å²) >= 11 is 0. The summed E-state index contributed by atoms with van der Waals surface area (Å²) in [6.45, 7) is 4.27. The van der Waals surface area contributed by atoms with Crippen LogP contribution < -0.4 is 4.72 Å². The Kier molecular flexibility index (Phi) is 6.15. The van der Waals surface area contributed by atoms with Crippen LogP contribution in [0, 0.1) is 5.82 Å². The number of hydrogen-bond acceptors (Lipinski definition) is 5. The molecule has 1 aromatic heterocycles. The van der Waals surface area contributed by atoms with Gasteiger partial charge in [-0.15, -0.1) is 0 Å². The molecular weight excluding hydrogens is 419 g/mol. The molecule has 3 aromatic rings. The number of anilines is 1. The number of rotatable bonds is 7. The van der Waals surface area contributed by atoms with Gasteiger partial charge in [-0.1, -0.05) is 13.3 Å². The fourth-order valence-electron chi connectivity index (χ4n) is 4.11. The quantitative estimate of drug-likeness (QED) is 0.512. The second-order valence-electron chi connectivity index (χ2n) is 7.99. The second-order valence-corrected chi connectivity index (χ2v) is 9.83. The number of fused-ring (bicyclic) bond motifs is 1. The Morgan fingerprint density at radius 1 is 1.19 bits per heavy atom. The van der Waals surface area contributed by atoms with Gasteiger partial charge in [-0.2, -0.15) is 5.10 Å². The molecule has 1 saturated heterocycles. The Labute approximate surface area is 181 Å². The molecule has 1 fully saturated rings. The van der Waals surface area contributed by atoms with Gasteiger partial charge in [0.1, 0.15) is 0 Å². The van der Waals surface area contributed by atoms with Gasteiger partial charge in [0.15, 0.2) is 11.6 Å². The average molecular weight is 447 g/mol. The topological polar surface area (TPSA) is 98.3 Å². The fourth-order valence-corrected chi connectivity index (χ4v) is 5.21. The maximum Gasteiger partial charge on any atom is 0.234 e. The Bertz CT molecular complexity index is 1190. The van der Waals surface area contributed by atoms with Crippen molar-refractivity contribution in [1.82, 2.24) is 15.1 Å². The monoisotopic (exact) mass is 446 g/mol. The number of aromatic hydroxyl groups is 1. The minimum Gasteiger partial charge on any atom is -0.505 e. The predicted octanol–water partition coefficient (Wildman–Crippen LogP) is 3.86. The zero-order valence-corrected chi connectivity index (χ0v) is 18.3. The zero-order valence-electron chi connectivity index (χ0n) is 17.5. The first kappa shape index (κ1) is 21.6. The maximum atomic E-state index is 14.1. The Balaban J connectivity index is 1.66. The molecule has 1 aliphatic heterocycles. The largest absolute Gasteiger partial charge is 0.505 e. The Morgan fingerprint density at radius 2 is 1.97 bits per heavy atom. The van der Waals surface area contributed by atoms with Crippen molar-refractivity contribution < 1.29 is 17.9 Å². The van der Waals surface area contributed by atoms with Gasteiger partial charge in [-0.05, 0) is 73.3 Å². The van der Waals surface area contributed by atoms with Crippen LogP contribution in [-0.2, 0) is 16.4 Å². The number of benzene rings is 2. The number of piperidine rings is 1. The predicted molar refractivity (Wildman–Crippen MR) is 120 cm³/mol. The Hall–Kier alpha value is -2.65. The molecule has 31 heavy (non-hydrogen) atoms. The van der Waals surface area contributed by atoms with E-state index in [-0.39, 0.29) is 5.75 Å². The van der Waals surface area contributed by atoms with Crippen LogP contribution in [0.1, 0.15) is 31.7 Å². The number of phenolic OH excluding ortho intramolecular Hbond substituents is 1. The molecule has 166 valence electrons. The third-order valence-corrected chi connectivity index (χ3v) is 7.06. The fraction of sp³-hybridized carbons (Fsp3) is 0.409. The van der Waals surface area contributed by atoms with Crippen molar-refractivity contribution in [3.8, 4) is 16.9 Å². The lowest BCUT2D eigenvalue weighted by atomic mass is 9.96. The molecule has 0 spiro atoms. The third kappa shape index (κ3) is 4.83. The summed E-state index contributed by atoms with van der Waals surface area (Å²) in [5.41, 5.74) is 3.04. The summed E-state index contributed by atoms with van der Waals surface area (Å²) in [7, 11) is -3.58. The van der Waals surface area contributed by atoms with E-state index >= 15 is 0 Å². The highest BCUT2D eigenvalue weighted by molar-refractivity contribution is 7.92. The van der Waals surface area contributed by atoms with Crippen LogP contribution in [-0.4, -0.2) is 54.0 Å². The van der Waals surface area contributed by atoms with E-state index in [1.165, 1.54) is 18.6 Å². The van der Waals surface area contributed by atoms with E-state index in [0.717, 1.165) is 31.5 Å². The first-order chi connectivity index (χ1) is 14.9. The molecule has 1 aliphatic rings. The molecule has 2 aromatic carbocycles. The van der Waals surface area contributed by atoms with Crippen molar-refractivity contribution in [3.63, 3.8) is 0 Å². The van der Waals surface area contributed by atoms with Crippen LogP contribution in [0.3, 0.4) is 0 Å². The van der Waals surface area contributed by atoms with Crippen molar-refractivity contribution >= 4 is 26.6 Å². The number of nitrogens with one attached hydrogen (secondary N) is 2. The lowest BCUT2D eigenvalue weighted by Gasteiger charge is -2.26. The van der Waals surface area contributed by atoms with E-state index < -0.39 is 21.6 Å². The number of sulfonamides is 1. The van der Waals surface area contributed by atoms with Gasteiger partial charge in [0, 0.05) is 11.9 Å². The average Bonchev–Trinajstić information content (AvgIpc) is 3.23. The van der Waals surface area contributed by atoms with Crippen molar-refractivity contribution in [1.29, 1.82) is 0 Å². The smallest absolute Gasteiger partial charge is 0.234 e. The zero-order chi connectivity index (χ0) is 22.0. The highest BCUT2D eigenvalue weighted by Crippen LogP contribution is 2.35. The van der Waals surface area contributed by atoms with Crippen molar-refractivity contribution in [3.05, 3.63) is 41.8 Å². The molecule has 0 radical (unpaired) electrons. The van der Waals surface area contributed by atoms with Crippen LogP contribution in [0.25, 0.3) is 22.0 Å². The number of aromatic nitrogens is 2. The summed E-state index contributed by atoms with van der Waals surface area (Å²) < 4.78 is 42.4. The van der Waals surface area contributed by atoms with E-state index in [0.29, 0.717) is 40.7 Å². The second kappa shape index (κ2) is 8.84. The molecule has 3 N–H and O–H groups in total. The molecule has 7 nitrogen and oxygen atoms in total. The van der Waals surface area contributed by atoms with Crippen LogP contribution in [0.2, 0.25) is 0 Å². The number of aryl methyl sites for hydroxylation is 1. The van der Waals surface area contributed by atoms with E-state index in [1.54, 1.807) is 18.3 Å². The molecular formula is C22H27FN4O3S. The van der Waals surface area contributed by atoms with Crippen LogP contribution in [0.15, 0.2) is 30.5 Å². The number of likely N-dealkylation sites (tertiary alicyclic amines) is 1. The van der Waals surface area contributed by atoms with Crippen LogP contribution >= 0.6 is 0 Å².